The number of nitrogens with zero attached hydrogens (tertiary/aromatic N) is 1. The fourth-order valence-corrected chi connectivity index (χ4v) is 3.83. The smallest absolute Gasteiger partial charge is 0.107 e. The molecule has 3 N–H and O–H groups in total. The number of nitrogens with one attached hydrogen (secondary N) is 1. The van der Waals surface area contributed by atoms with Gasteiger partial charge in [-0.2, -0.15) is 11.8 Å². The number of hydrogen-bond acceptors (Lipinski definition) is 3. The fraction of sp³-hybridized carbons (Fsp3) is 0.500. The van der Waals surface area contributed by atoms with E-state index in [1.165, 1.54) is 24.3 Å². The number of nitrogens with two attached hydrogens (primary N) is 1. The Morgan fingerprint density at radius 2 is 2.17 bits per heavy atom. The lowest BCUT2D eigenvalue weighted by molar-refractivity contribution is 0.478. The van der Waals surface area contributed by atoms with Crippen LogP contribution in [0.5, 0.6) is 0 Å². The van der Waals surface area contributed by atoms with Crippen LogP contribution in [0.3, 0.4) is 0 Å². The SMILES string of the molecule is NCc1cccc2[nH]c(CC3CCSCC3)nc12. The van der Waals surface area contributed by atoms with Gasteiger partial charge in [0.05, 0.1) is 11.0 Å². The number of imidazole rings is 1. The Morgan fingerprint density at radius 1 is 1.33 bits per heavy atom. The van der Waals surface area contributed by atoms with Crippen LogP contribution in [-0.4, -0.2) is 21.5 Å². The number of rotatable bonds is 3. The highest BCUT2D eigenvalue weighted by atomic mass is 32.2. The van der Waals surface area contributed by atoms with Crippen LogP contribution in [0.4, 0.5) is 0 Å². The number of hydrogen-bond donors (Lipinski definition) is 2. The third kappa shape index (κ3) is 2.40. The summed E-state index contributed by atoms with van der Waals surface area (Å²) in [6.07, 6.45) is 3.73. The quantitative estimate of drug-likeness (QED) is 0.893. The van der Waals surface area contributed by atoms with Crippen molar-refractivity contribution in [3.05, 3.63) is 29.6 Å². The summed E-state index contributed by atoms with van der Waals surface area (Å²) in [6.45, 7) is 0.557. The Balaban J connectivity index is 1.84. The molecule has 3 nitrogen and oxygen atoms in total. The summed E-state index contributed by atoms with van der Waals surface area (Å²) in [6, 6.07) is 6.19. The maximum Gasteiger partial charge on any atom is 0.107 e. The summed E-state index contributed by atoms with van der Waals surface area (Å²) in [7, 11) is 0. The Bertz CT molecular complexity index is 529. The number of thioether (sulfide) groups is 1. The molecule has 2 aromatic rings. The lowest BCUT2D eigenvalue weighted by atomic mass is 9.99. The molecule has 0 spiro atoms. The number of aromatic nitrogens is 2. The average Bonchev–Trinajstić information content (AvgIpc) is 2.82. The van der Waals surface area contributed by atoms with E-state index in [1.807, 2.05) is 6.07 Å². The van der Waals surface area contributed by atoms with Gasteiger partial charge in [-0.05, 0) is 41.9 Å². The first-order valence-electron chi connectivity index (χ1n) is 6.61. The van der Waals surface area contributed by atoms with Gasteiger partial charge in [0.15, 0.2) is 0 Å². The highest BCUT2D eigenvalue weighted by Gasteiger charge is 2.16. The molecule has 0 unspecified atom stereocenters. The van der Waals surface area contributed by atoms with E-state index >= 15 is 0 Å². The molecule has 0 amide bonds. The first kappa shape index (κ1) is 12.1. The fourth-order valence-electron chi connectivity index (χ4n) is 2.63. The van der Waals surface area contributed by atoms with Gasteiger partial charge in [-0.3, -0.25) is 0 Å². The largest absolute Gasteiger partial charge is 0.342 e. The molecule has 1 saturated heterocycles. The number of para-hydroxylation sites is 1. The van der Waals surface area contributed by atoms with E-state index in [0.29, 0.717) is 6.54 Å². The van der Waals surface area contributed by atoms with Gasteiger partial charge in [-0.25, -0.2) is 4.98 Å². The topological polar surface area (TPSA) is 54.7 Å². The summed E-state index contributed by atoms with van der Waals surface area (Å²) in [5.41, 5.74) is 9.07. The first-order chi connectivity index (χ1) is 8.86. The van der Waals surface area contributed by atoms with Crippen molar-refractivity contribution in [2.45, 2.75) is 25.8 Å². The van der Waals surface area contributed by atoms with Crippen LogP contribution in [0, 0.1) is 5.92 Å². The first-order valence-corrected chi connectivity index (χ1v) is 7.76. The van der Waals surface area contributed by atoms with E-state index in [4.69, 9.17) is 10.7 Å². The van der Waals surface area contributed by atoms with E-state index in [-0.39, 0.29) is 0 Å². The minimum Gasteiger partial charge on any atom is -0.342 e. The van der Waals surface area contributed by atoms with Crippen LogP contribution in [-0.2, 0) is 13.0 Å². The van der Waals surface area contributed by atoms with Crippen LogP contribution in [0.2, 0.25) is 0 Å². The maximum atomic E-state index is 5.75. The van der Waals surface area contributed by atoms with Gasteiger partial charge >= 0.3 is 0 Å². The molecule has 0 saturated carbocycles. The second kappa shape index (κ2) is 5.33. The van der Waals surface area contributed by atoms with Crippen molar-refractivity contribution >= 4 is 22.8 Å². The molecule has 0 atom stereocenters. The Kier molecular flexibility index (Phi) is 3.57. The zero-order valence-electron chi connectivity index (χ0n) is 10.5. The number of aromatic amines is 1. The second-order valence-corrected chi connectivity index (χ2v) is 6.19. The van der Waals surface area contributed by atoms with Gasteiger partial charge in [0.2, 0.25) is 0 Å². The zero-order valence-corrected chi connectivity index (χ0v) is 11.3. The van der Waals surface area contributed by atoms with Gasteiger partial charge in [-0.1, -0.05) is 12.1 Å². The molecule has 1 aliphatic rings. The van der Waals surface area contributed by atoms with E-state index < -0.39 is 0 Å². The van der Waals surface area contributed by atoms with Gasteiger partial charge in [0, 0.05) is 13.0 Å². The molecule has 18 heavy (non-hydrogen) atoms. The average molecular weight is 261 g/mol. The molecule has 96 valence electrons. The molecule has 3 rings (SSSR count). The third-order valence-corrected chi connectivity index (χ3v) is 4.74. The zero-order chi connectivity index (χ0) is 12.4. The minimum atomic E-state index is 0.557. The van der Waals surface area contributed by atoms with Crippen LogP contribution in [0.1, 0.15) is 24.2 Å². The molecule has 2 heterocycles. The summed E-state index contributed by atoms with van der Waals surface area (Å²) >= 11 is 2.07. The monoisotopic (exact) mass is 261 g/mol. The van der Waals surface area contributed by atoms with Crippen LogP contribution >= 0.6 is 11.8 Å². The number of benzene rings is 1. The van der Waals surface area contributed by atoms with Crippen LogP contribution < -0.4 is 5.73 Å². The highest BCUT2D eigenvalue weighted by Crippen LogP contribution is 2.26. The molecular formula is C14H19N3S. The predicted octanol–water partition coefficient (Wildman–Crippen LogP) is 2.71. The molecule has 0 aliphatic carbocycles. The van der Waals surface area contributed by atoms with E-state index in [1.54, 1.807) is 0 Å². The van der Waals surface area contributed by atoms with Crippen molar-refractivity contribution in [2.75, 3.05) is 11.5 Å². The van der Waals surface area contributed by atoms with Gasteiger partial charge < -0.3 is 10.7 Å². The van der Waals surface area contributed by atoms with Crippen molar-refractivity contribution in [3.63, 3.8) is 0 Å². The van der Waals surface area contributed by atoms with Crippen molar-refractivity contribution < 1.29 is 0 Å². The van der Waals surface area contributed by atoms with Crippen LogP contribution in [0.25, 0.3) is 11.0 Å². The molecule has 1 aromatic carbocycles. The molecule has 4 heteroatoms. The van der Waals surface area contributed by atoms with E-state index in [9.17, 15) is 0 Å². The van der Waals surface area contributed by atoms with Crippen molar-refractivity contribution in [1.29, 1.82) is 0 Å². The summed E-state index contributed by atoms with van der Waals surface area (Å²) in [5.74, 6) is 4.54. The van der Waals surface area contributed by atoms with Gasteiger partial charge in [0.25, 0.3) is 0 Å². The van der Waals surface area contributed by atoms with E-state index in [2.05, 4.69) is 28.9 Å². The Hall–Kier alpha value is -1.00. The standard InChI is InChI=1S/C14H19N3S/c15-9-11-2-1-3-12-14(11)17-13(16-12)8-10-4-6-18-7-5-10/h1-3,10H,4-9,15H2,(H,16,17). The summed E-state index contributed by atoms with van der Waals surface area (Å²) in [4.78, 5) is 8.18. The normalized spacial score (nSPS) is 17.4. The summed E-state index contributed by atoms with van der Waals surface area (Å²) in [5, 5.41) is 0. The van der Waals surface area contributed by atoms with Gasteiger partial charge in [0.1, 0.15) is 5.82 Å². The highest BCUT2D eigenvalue weighted by molar-refractivity contribution is 7.99. The summed E-state index contributed by atoms with van der Waals surface area (Å²) < 4.78 is 0. The number of fused-ring (bicyclic) bond motifs is 1. The molecule has 1 fully saturated rings. The molecule has 0 radical (unpaired) electrons. The van der Waals surface area contributed by atoms with Crippen LogP contribution in [0.15, 0.2) is 18.2 Å². The predicted molar refractivity (Wildman–Crippen MR) is 77.7 cm³/mol. The lowest BCUT2D eigenvalue weighted by Gasteiger charge is -2.19. The van der Waals surface area contributed by atoms with Crippen molar-refractivity contribution in [2.24, 2.45) is 11.7 Å². The second-order valence-electron chi connectivity index (χ2n) is 4.96. The maximum absolute atomic E-state index is 5.75. The molecule has 1 aromatic heterocycles. The Labute approximate surface area is 112 Å². The van der Waals surface area contributed by atoms with Gasteiger partial charge in [-0.15, -0.1) is 0 Å². The van der Waals surface area contributed by atoms with E-state index in [0.717, 1.165) is 34.8 Å². The molecular weight excluding hydrogens is 242 g/mol. The lowest BCUT2D eigenvalue weighted by Crippen LogP contribution is -2.12. The third-order valence-electron chi connectivity index (χ3n) is 3.69. The Morgan fingerprint density at radius 3 is 2.94 bits per heavy atom. The minimum absolute atomic E-state index is 0.557. The molecule has 1 aliphatic heterocycles. The van der Waals surface area contributed by atoms with Crippen molar-refractivity contribution in [1.82, 2.24) is 9.97 Å². The molecule has 0 bridgehead atoms. The van der Waals surface area contributed by atoms with Crippen molar-refractivity contribution in [3.8, 4) is 0 Å². The number of H-pyrrole nitrogens is 1.